The van der Waals surface area contributed by atoms with Crippen molar-refractivity contribution in [2.75, 3.05) is 11.4 Å². The number of Topliss-reactive ketones (excluding diaryl/α,β-unsaturated/α-hetero) is 1. The van der Waals surface area contributed by atoms with Crippen LogP contribution < -0.4 is 4.90 Å². The largest absolute Gasteiger partial charge is 0.481 e. The van der Waals surface area contributed by atoms with Gasteiger partial charge in [-0.05, 0) is 44.0 Å². The molecule has 5 nitrogen and oxygen atoms in total. The van der Waals surface area contributed by atoms with E-state index in [-0.39, 0.29) is 5.78 Å². The molecule has 2 rings (SSSR count). The molecule has 5 heteroatoms. The average molecular weight is 353 g/mol. The Morgan fingerprint density at radius 1 is 1.15 bits per heavy atom. The Balaban J connectivity index is 2.30. The van der Waals surface area contributed by atoms with Crippen molar-refractivity contribution >= 4 is 23.7 Å². The van der Waals surface area contributed by atoms with Crippen LogP contribution in [0.3, 0.4) is 0 Å². The van der Waals surface area contributed by atoms with Gasteiger partial charge in [0.05, 0.1) is 5.92 Å². The fourth-order valence-corrected chi connectivity index (χ4v) is 2.90. The molecule has 0 aliphatic carbocycles. The molecule has 0 spiro atoms. The minimum absolute atomic E-state index is 0.135. The van der Waals surface area contributed by atoms with E-state index < -0.39 is 11.9 Å². The Bertz CT molecular complexity index is 811. The maximum Gasteiger partial charge on any atom is 0.310 e. The van der Waals surface area contributed by atoms with E-state index in [9.17, 15) is 14.4 Å². The lowest BCUT2D eigenvalue weighted by atomic mass is 9.98. The highest BCUT2D eigenvalue weighted by Crippen LogP contribution is 2.23. The summed E-state index contributed by atoms with van der Waals surface area (Å²) in [4.78, 5) is 36.4. The van der Waals surface area contributed by atoms with Gasteiger partial charge in [0, 0.05) is 29.9 Å². The number of carbonyl (C=O) groups is 3. The van der Waals surface area contributed by atoms with Gasteiger partial charge in [-0.2, -0.15) is 0 Å². The van der Waals surface area contributed by atoms with E-state index in [4.69, 9.17) is 5.11 Å². The lowest BCUT2D eigenvalue weighted by molar-refractivity contribution is -0.138. The molecule has 0 saturated carbocycles. The third kappa shape index (κ3) is 4.17. The van der Waals surface area contributed by atoms with Gasteiger partial charge in [-0.3, -0.25) is 14.4 Å². The Kier molecular flexibility index (Phi) is 6.28. The Morgan fingerprint density at radius 3 is 2.31 bits per heavy atom. The summed E-state index contributed by atoms with van der Waals surface area (Å²) in [6.07, 6.45) is 0.734. The molecule has 0 heterocycles. The number of carboxylic acids is 1. The fraction of sp³-hybridized carbons (Fsp3) is 0.286. The van der Waals surface area contributed by atoms with Crippen molar-refractivity contribution in [2.24, 2.45) is 0 Å². The first kappa shape index (κ1) is 19.4. The summed E-state index contributed by atoms with van der Waals surface area (Å²) < 4.78 is 0. The van der Waals surface area contributed by atoms with Crippen LogP contribution >= 0.6 is 0 Å². The van der Waals surface area contributed by atoms with Gasteiger partial charge in [-0.1, -0.05) is 30.3 Å². The normalized spacial score (nSPS) is 11.7. The molecule has 136 valence electrons. The van der Waals surface area contributed by atoms with E-state index in [0.717, 1.165) is 23.1 Å². The minimum Gasteiger partial charge on any atom is -0.481 e. The summed E-state index contributed by atoms with van der Waals surface area (Å²) in [6, 6.07) is 12.7. The van der Waals surface area contributed by atoms with Crippen molar-refractivity contribution in [3.05, 3.63) is 64.7 Å². The van der Waals surface area contributed by atoms with Crippen LogP contribution in [-0.4, -0.2) is 29.7 Å². The van der Waals surface area contributed by atoms with Crippen LogP contribution in [0.5, 0.6) is 0 Å². The first-order valence-corrected chi connectivity index (χ1v) is 8.54. The molecule has 0 radical (unpaired) electrons. The number of benzene rings is 2. The quantitative estimate of drug-likeness (QED) is 0.575. The molecule has 0 saturated heterocycles. The Hall–Kier alpha value is -2.95. The van der Waals surface area contributed by atoms with Crippen molar-refractivity contribution in [1.29, 1.82) is 0 Å². The number of rotatable bonds is 8. The van der Waals surface area contributed by atoms with Gasteiger partial charge in [0.25, 0.3) is 0 Å². The van der Waals surface area contributed by atoms with Crippen molar-refractivity contribution in [3.8, 4) is 0 Å². The molecule has 26 heavy (non-hydrogen) atoms. The van der Waals surface area contributed by atoms with Crippen LogP contribution in [0, 0.1) is 0 Å². The number of ketones is 1. The average Bonchev–Trinajstić information content (AvgIpc) is 2.65. The van der Waals surface area contributed by atoms with Crippen LogP contribution in [0.15, 0.2) is 42.5 Å². The lowest BCUT2D eigenvalue weighted by Crippen LogP contribution is -2.23. The molecule has 0 amide bonds. The topological polar surface area (TPSA) is 74.7 Å². The first-order valence-electron chi connectivity index (χ1n) is 8.54. The summed E-state index contributed by atoms with van der Waals surface area (Å²) in [7, 11) is 0. The summed E-state index contributed by atoms with van der Waals surface area (Å²) >= 11 is 0. The molecular formula is C21H23NO4. The standard InChI is InChI=1S/C21H23NO4/c1-4-22(18-10-8-16(9-11-18)14(2)21(25)26)12-17-6-5-7-19(15(3)24)20(17)13-23/h5-11,13-14H,4,12H2,1-3H3,(H,25,26). The first-order chi connectivity index (χ1) is 12.4. The van der Waals surface area contributed by atoms with E-state index in [0.29, 0.717) is 24.2 Å². The molecular weight excluding hydrogens is 330 g/mol. The Morgan fingerprint density at radius 2 is 1.81 bits per heavy atom. The predicted octanol–water partition coefficient (Wildman–Crippen LogP) is 3.92. The van der Waals surface area contributed by atoms with Crippen molar-refractivity contribution < 1.29 is 19.5 Å². The van der Waals surface area contributed by atoms with Gasteiger partial charge < -0.3 is 10.0 Å². The third-order valence-electron chi connectivity index (χ3n) is 4.57. The van der Waals surface area contributed by atoms with Gasteiger partial charge in [0.2, 0.25) is 0 Å². The summed E-state index contributed by atoms with van der Waals surface area (Å²) in [5, 5.41) is 9.11. The number of hydrogen-bond donors (Lipinski definition) is 1. The molecule has 0 aliphatic heterocycles. The molecule has 2 aromatic carbocycles. The van der Waals surface area contributed by atoms with Crippen molar-refractivity contribution in [3.63, 3.8) is 0 Å². The van der Waals surface area contributed by atoms with E-state index in [1.165, 1.54) is 6.92 Å². The highest BCUT2D eigenvalue weighted by atomic mass is 16.4. The summed E-state index contributed by atoms with van der Waals surface area (Å²) in [6.45, 7) is 6.30. The van der Waals surface area contributed by atoms with Crippen LogP contribution in [0.4, 0.5) is 5.69 Å². The van der Waals surface area contributed by atoms with E-state index in [1.54, 1.807) is 19.1 Å². The molecule has 0 fully saturated rings. The minimum atomic E-state index is -0.859. The van der Waals surface area contributed by atoms with Crippen LogP contribution in [0.2, 0.25) is 0 Å². The van der Waals surface area contributed by atoms with E-state index in [2.05, 4.69) is 4.90 Å². The van der Waals surface area contributed by atoms with Crippen molar-refractivity contribution in [2.45, 2.75) is 33.2 Å². The fourth-order valence-electron chi connectivity index (χ4n) is 2.90. The smallest absolute Gasteiger partial charge is 0.310 e. The molecule has 0 aromatic heterocycles. The van der Waals surface area contributed by atoms with Crippen molar-refractivity contribution in [1.82, 2.24) is 0 Å². The molecule has 1 unspecified atom stereocenters. The number of hydrogen-bond acceptors (Lipinski definition) is 4. The van der Waals surface area contributed by atoms with E-state index in [1.807, 2.05) is 37.3 Å². The Labute approximate surface area is 153 Å². The van der Waals surface area contributed by atoms with Gasteiger partial charge in [0.1, 0.15) is 0 Å². The zero-order valence-corrected chi connectivity index (χ0v) is 15.2. The molecule has 1 atom stereocenters. The lowest BCUT2D eigenvalue weighted by Gasteiger charge is -2.25. The van der Waals surface area contributed by atoms with Gasteiger partial charge in [-0.25, -0.2) is 0 Å². The van der Waals surface area contributed by atoms with E-state index >= 15 is 0 Å². The molecule has 1 N–H and O–H groups in total. The number of carboxylic acid groups (broad SMARTS) is 1. The second kappa shape index (κ2) is 8.43. The van der Waals surface area contributed by atoms with Gasteiger partial charge >= 0.3 is 5.97 Å². The van der Waals surface area contributed by atoms with Crippen LogP contribution in [0.25, 0.3) is 0 Å². The molecule has 0 bridgehead atoms. The highest BCUT2D eigenvalue weighted by Gasteiger charge is 2.16. The number of anilines is 1. The SMILES string of the molecule is CCN(Cc1cccc(C(C)=O)c1C=O)c1ccc(C(C)C(=O)O)cc1. The van der Waals surface area contributed by atoms with Gasteiger partial charge in [0.15, 0.2) is 12.1 Å². The second-order valence-electron chi connectivity index (χ2n) is 6.22. The maximum absolute atomic E-state index is 11.7. The zero-order valence-electron chi connectivity index (χ0n) is 15.2. The molecule has 0 aliphatic rings. The zero-order chi connectivity index (χ0) is 19.3. The highest BCUT2D eigenvalue weighted by molar-refractivity contribution is 6.02. The van der Waals surface area contributed by atoms with Crippen LogP contribution in [0.1, 0.15) is 58.5 Å². The summed E-state index contributed by atoms with van der Waals surface area (Å²) in [5.41, 5.74) is 3.31. The maximum atomic E-state index is 11.7. The number of aldehydes is 1. The molecule has 2 aromatic rings. The third-order valence-corrected chi connectivity index (χ3v) is 4.57. The van der Waals surface area contributed by atoms with Gasteiger partial charge in [-0.15, -0.1) is 0 Å². The number of carbonyl (C=O) groups excluding carboxylic acids is 2. The summed E-state index contributed by atoms with van der Waals surface area (Å²) in [5.74, 6) is -1.56. The monoisotopic (exact) mass is 353 g/mol. The second-order valence-corrected chi connectivity index (χ2v) is 6.22. The number of nitrogens with zero attached hydrogens (tertiary/aromatic N) is 1. The predicted molar refractivity (Wildman–Crippen MR) is 101 cm³/mol. The number of aliphatic carboxylic acids is 1. The van der Waals surface area contributed by atoms with Crippen LogP contribution in [-0.2, 0) is 11.3 Å².